The molecule has 6 heteroatoms. The van der Waals surface area contributed by atoms with Crippen LogP contribution in [0.4, 0.5) is 0 Å². The first-order chi connectivity index (χ1) is 13.9. The summed E-state index contributed by atoms with van der Waals surface area (Å²) in [4.78, 5) is 23.2. The maximum Gasteiger partial charge on any atom is 0.303 e. The standard InChI is InChI=1S/C24H35BrO5/c1-13-10-16(29-14(2)26)12-24(25)20(28)11-17-18-6-7-21(30-15(3)27)22(18,4)9-8-19(17)23(13,24)5/h10,16-21,28H,6-9,11-12H2,1-5H3/t16-,17-,18-,19-,20+,21?,22-,23+,24-/m0/s1. The molecule has 0 bridgehead atoms. The highest BCUT2D eigenvalue weighted by molar-refractivity contribution is 9.10. The third kappa shape index (κ3) is 3.03. The fraction of sp³-hybridized carbons (Fsp3) is 0.833. The van der Waals surface area contributed by atoms with Gasteiger partial charge in [0.05, 0.1) is 10.4 Å². The molecule has 3 fully saturated rings. The number of esters is 2. The number of carbonyl (C=O) groups is 2. The highest BCUT2D eigenvalue weighted by Crippen LogP contribution is 2.69. The van der Waals surface area contributed by atoms with E-state index in [1.165, 1.54) is 19.4 Å². The zero-order valence-electron chi connectivity index (χ0n) is 18.7. The van der Waals surface area contributed by atoms with Gasteiger partial charge in [-0.25, -0.2) is 0 Å². The number of allylic oxidation sites excluding steroid dienone is 1. The summed E-state index contributed by atoms with van der Waals surface area (Å²) in [6.07, 6.45) is 6.61. The fourth-order valence-corrected chi connectivity index (χ4v) is 8.95. The van der Waals surface area contributed by atoms with Crippen LogP contribution in [0.1, 0.15) is 73.1 Å². The van der Waals surface area contributed by atoms with Gasteiger partial charge < -0.3 is 14.6 Å². The summed E-state index contributed by atoms with van der Waals surface area (Å²) < 4.78 is 10.8. The summed E-state index contributed by atoms with van der Waals surface area (Å²) >= 11 is 4.01. The van der Waals surface area contributed by atoms with Gasteiger partial charge >= 0.3 is 11.9 Å². The van der Waals surface area contributed by atoms with Crippen LogP contribution in [0.15, 0.2) is 11.6 Å². The van der Waals surface area contributed by atoms with Crippen LogP contribution in [-0.2, 0) is 19.1 Å². The Morgan fingerprint density at radius 2 is 1.77 bits per heavy atom. The number of hydrogen-bond acceptors (Lipinski definition) is 5. The average molecular weight is 483 g/mol. The van der Waals surface area contributed by atoms with E-state index in [9.17, 15) is 14.7 Å². The quantitative estimate of drug-likeness (QED) is 0.355. The molecule has 0 heterocycles. The Hall–Kier alpha value is -0.880. The molecule has 9 atom stereocenters. The van der Waals surface area contributed by atoms with Gasteiger partial charge in [-0.05, 0) is 62.9 Å². The zero-order chi connectivity index (χ0) is 22.1. The average Bonchev–Trinajstić information content (AvgIpc) is 2.94. The Balaban J connectivity index is 1.69. The molecule has 0 radical (unpaired) electrons. The molecule has 4 rings (SSSR count). The third-order valence-electron chi connectivity index (χ3n) is 9.36. The number of hydrogen-bond donors (Lipinski definition) is 1. The molecule has 1 N–H and O–H groups in total. The maximum atomic E-state index is 11.7. The lowest BCUT2D eigenvalue weighted by molar-refractivity contribution is -0.164. The molecule has 5 nitrogen and oxygen atoms in total. The van der Waals surface area contributed by atoms with Crippen molar-refractivity contribution >= 4 is 27.9 Å². The summed E-state index contributed by atoms with van der Waals surface area (Å²) in [5.74, 6) is 0.792. The Kier molecular flexibility index (Phi) is 5.45. The number of halogens is 1. The van der Waals surface area contributed by atoms with Crippen molar-refractivity contribution in [2.24, 2.45) is 28.6 Å². The van der Waals surface area contributed by atoms with E-state index in [1.807, 2.05) is 0 Å². The fourth-order valence-electron chi connectivity index (χ4n) is 7.84. The minimum atomic E-state index is -0.527. The van der Waals surface area contributed by atoms with E-state index in [0.717, 1.165) is 32.1 Å². The predicted molar refractivity (Wildman–Crippen MR) is 117 cm³/mol. The molecule has 0 saturated heterocycles. The van der Waals surface area contributed by atoms with Gasteiger partial charge in [0.2, 0.25) is 0 Å². The SMILES string of the molecule is CC(=O)OC1CC[C@H]2[C@@H]3C[C@@H](O)[C@@]4(Br)C[C@@H](OC(C)=O)C=C(C)[C@]4(C)[C@H]3CC[C@]12C. The minimum absolute atomic E-state index is 0.0121. The molecular weight excluding hydrogens is 448 g/mol. The van der Waals surface area contributed by atoms with Crippen LogP contribution < -0.4 is 0 Å². The van der Waals surface area contributed by atoms with Crippen molar-refractivity contribution in [2.75, 3.05) is 0 Å². The molecule has 168 valence electrons. The van der Waals surface area contributed by atoms with Crippen molar-refractivity contribution in [1.82, 2.24) is 0 Å². The van der Waals surface area contributed by atoms with Crippen LogP contribution in [-0.4, -0.2) is 39.7 Å². The molecule has 0 amide bonds. The lowest BCUT2D eigenvalue weighted by Gasteiger charge is -2.65. The van der Waals surface area contributed by atoms with Gasteiger partial charge in [-0.3, -0.25) is 9.59 Å². The molecular formula is C24H35BrO5. The monoisotopic (exact) mass is 482 g/mol. The minimum Gasteiger partial charge on any atom is -0.462 e. The van der Waals surface area contributed by atoms with E-state index < -0.39 is 10.4 Å². The van der Waals surface area contributed by atoms with Crippen LogP contribution in [0.5, 0.6) is 0 Å². The largest absolute Gasteiger partial charge is 0.462 e. The predicted octanol–water partition coefficient (Wildman–Crippen LogP) is 4.55. The van der Waals surface area contributed by atoms with Crippen LogP contribution in [0.25, 0.3) is 0 Å². The van der Waals surface area contributed by atoms with Gasteiger partial charge in [0.1, 0.15) is 12.2 Å². The van der Waals surface area contributed by atoms with Crippen molar-refractivity contribution in [3.05, 3.63) is 11.6 Å². The van der Waals surface area contributed by atoms with Gasteiger partial charge in [-0.2, -0.15) is 0 Å². The lowest BCUT2D eigenvalue weighted by Crippen LogP contribution is -2.66. The van der Waals surface area contributed by atoms with Gasteiger partial charge in [0, 0.05) is 31.1 Å². The number of aliphatic hydroxyl groups excluding tert-OH is 1. The molecule has 1 unspecified atom stereocenters. The van der Waals surface area contributed by atoms with Crippen molar-refractivity contribution in [3.63, 3.8) is 0 Å². The normalized spacial score (nSPS) is 49.9. The van der Waals surface area contributed by atoms with Gasteiger partial charge in [-0.15, -0.1) is 0 Å². The Morgan fingerprint density at radius 3 is 2.40 bits per heavy atom. The second kappa shape index (κ2) is 7.33. The summed E-state index contributed by atoms with van der Waals surface area (Å²) in [6.45, 7) is 9.65. The van der Waals surface area contributed by atoms with Crippen molar-refractivity contribution in [1.29, 1.82) is 0 Å². The van der Waals surface area contributed by atoms with E-state index in [-0.39, 0.29) is 35.0 Å². The van der Waals surface area contributed by atoms with E-state index >= 15 is 0 Å². The first-order valence-corrected chi connectivity index (χ1v) is 12.1. The number of alkyl halides is 1. The second-order valence-electron chi connectivity index (χ2n) is 10.6. The Morgan fingerprint density at radius 1 is 1.10 bits per heavy atom. The Bertz CT molecular complexity index is 780. The molecule has 4 aliphatic rings. The van der Waals surface area contributed by atoms with Crippen molar-refractivity contribution in [2.45, 2.75) is 95.8 Å². The number of fused-ring (bicyclic) bond motifs is 5. The zero-order valence-corrected chi connectivity index (χ0v) is 20.3. The molecule has 0 aromatic heterocycles. The maximum absolute atomic E-state index is 11.7. The number of aliphatic hydroxyl groups is 1. The number of rotatable bonds is 2. The first kappa shape index (κ1) is 22.3. The van der Waals surface area contributed by atoms with Gasteiger partial charge in [0.15, 0.2) is 0 Å². The lowest BCUT2D eigenvalue weighted by atomic mass is 9.44. The van der Waals surface area contributed by atoms with E-state index in [0.29, 0.717) is 24.2 Å². The summed E-state index contributed by atoms with van der Waals surface area (Å²) in [7, 11) is 0. The van der Waals surface area contributed by atoms with Gasteiger partial charge in [0.25, 0.3) is 0 Å². The van der Waals surface area contributed by atoms with Crippen LogP contribution in [0.2, 0.25) is 0 Å². The highest BCUT2D eigenvalue weighted by Gasteiger charge is 2.68. The summed E-state index contributed by atoms with van der Waals surface area (Å²) in [6, 6.07) is 0. The smallest absolute Gasteiger partial charge is 0.303 e. The van der Waals surface area contributed by atoms with Gasteiger partial charge in [-0.1, -0.05) is 35.4 Å². The molecule has 0 aliphatic heterocycles. The molecule has 0 aromatic carbocycles. The van der Waals surface area contributed by atoms with Crippen molar-refractivity contribution in [3.8, 4) is 0 Å². The summed E-state index contributed by atoms with van der Waals surface area (Å²) in [5.41, 5.74) is 0.970. The van der Waals surface area contributed by atoms with Crippen molar-refractivity contribution < 1.29 is 24.2 Å². The molecule has 0 spiro atoms. The molecule has 3 saturated carbocycles. The second-order valence-corrected chi connectivity index (χ2v) is 12.0. The number of ether oxygens (including phenoxy) is 2. The first-order valence-electron chi connectivity index (χ1n) is 11.3. The number of carbonyl (C=O) groups excluding carboxylic acids is 2. The molecule has 0 aromatic rings. The summed E-state index contributed by atoms with van der Waals surface area (Å²) in [5, 5.41) is 11.5. The van der Waals surface area contributed by atoms with Crippen LogP contribution in [0.3, 0.4) is 0 Å². The van der Waals surface area contributed by atoms with E-state index in [1.54, 1.807) is 0 Å². The topological polar surface area (TPSA) is 72.8 Å². The molecule has 30 heavy (non-hydrogen) atoms. The van der Waals surface area contributed by atoms with E-state index in [4.69, 9.17) is 9.47 Å². The Labute approximate surface area is 188 Å². The third-order valence-corrected chi connectivity index (χ3v) is 11.0. The highest BCUT2D eigenvalue weighted by atomic mass is 79.9. The van der Waals surface area contributed by atoms with Crippen LogP contribution in [0, 0.1) is 28.6 Å². The molecule has 4 aliphatic carbocycles. The van der Waals surface area contributed by atoms with E-state index in [2.05, 4.69) is 42.8 Å². The van der Waals surface area contributed by atoms with Crippen LogP contribution >= 0.6 is 15.9 Å².